The molecule has 1 saturated heterocycles. The Morgan fingerprint density at radius 1 is 0.971 bits per heavy atom. The number of hydroxylamine groups is 2. The molecule has 1 aliphatic heterocycles. The first-order valence-electron chi connectivity index (χ1n) is 11.6. The molecule has 0 aromatic heterocycles. The van der Waals surface area contributed by atoms with Crippen LogP contribution in [0.1, 0.15) is 49.4 Å². The van der Waals surface area contributed by atoms with E-state index in [1.54, 1.807) is 19.1 Å². The predicted molar refractivity (Wildman–Crippen MR) is 124 cm³/mol. The Hall–Kier alpha value is -2.56. The molecule has 0 unspecified atom stereocenters. The van der Waals surface area contributed by atoms with Crippen LogP contribution in [0.15, 0.2) is 42.5 Å². The summed E-state index contributed by atoms with van der Waals surface area (Å²) < 4.78 is 5.63. The standard InChI is InChI=1S/C25H33NO8/c1-16-22(29)24(31)23(30)20(34-16)9-6-13-26(33-14-5-4-10-21(27)28)25(32)19-12-11-17-7-2-3-8-18(17)15-19/h2-3,7-8,11-12,15-16,20,22-24,29-31H,4-6,9-10,13-14H2,1H3,(H,27,28)/t16-,20-,22+,23+,24+/m0/s1. The topological polar surface area (TPSA) is 137 Å². The van der Waals surface area contributed by atoms with Gasteiger partial charge in [-0.2, -0.15) is 0 Å². The van der Waals surface area contributed by atoms with Gasteiger partial charge in [-0.3, -0.25) is 14.4 Å². The minimum absolute atomic E-state index is 0.0330. The van der Waals surface area contributed by atoms with Crippen LogP contribution in [0.3, 0.4) is 0 Å². The normalized spacial score (nSPS) is 24.8. The van der Waals surface area contributed by atoms with Crippen LogP contribution in [0.25, 0.3) is 10.8 Å². The van der Waals surface area contributed by atoms with Crippen LogP contribution in [-0.2, 0) is 14.4 Å². The second-order valence-corrected chi connectivity index (χ2v) is 8.65. The first-order chi connectivity index (χ1) is 16.3. The third kappa shape index (κ3) is 6.74. The monoisotopic (exact) mass is 475 g/mol. The summed E-state index contributed by atoms with van der Waals surface area (Å²) in [6.45, 7) is 2.03. The van der Waals surface area contributed by atoms with Gasteiger partial charge in [0.15, 0.2) is 0 Å². The van der Waals surface area contributed by atoms with Gasteiger partial charge in [0.05, 0.1) is 18.8 Å². The Kier molecular flexibility index (Phi) is 9.37. The van der Waals surface area contributed by atoms with Gasteiger partial charge in [0, 0.05) is 18.5 Å². The molecule has 1 heterocycles. The zero-order chi connectivity index (χ0) is 24.7. The molecule has 0 aliphatic carbocycles. The fourth-order valence-electron chi connectivity index (χ4n) is 4.06. The van der Waals surface area contributed by atoms with E-state index in [-0.39, 0.29) is 25.5 Å². The van der Waals surface area contributed by atoms with E-state index in [4.69, 9.17) is 14.7 Å². The van der Waals surface area contributed by atoms with Gasteiger partial charge in [0.1, 0.15) is 18.3 Å². The summed E-state index contributed by atoms with van der Waals surface area (Å²) in [5, 5.41) is 42.1. The van der Waals surface area contributed by atoms with Crippen LogP contribution < -0.4 is 0 Å². The van der Waals surface area contributed by atoms with Crippen LogP contribution in [-0.4, -0.2) is 81.0 Å². The second kappa shape index (κ2) is 12.2. The number of amides is 1. The fraction of sp³-hybridized carbons (Fsp3) is 0.520. The maximum absolute atomic E-state index is 13.2. The number of unbranched alkanes of at least 4 members (excludes halogenated alkanes) is 1. The number of aliphatic carboxylic acids is 1. The molecule has 9 heteroatoms. The van der Waals surface area contributed by atoms with Gasteiger partial charge >= 0.3 is 5.97 Å². The van der Waals surface area contributed by atoms with E-state index in [1.165, 1.54) is 5.06 Å². The number of aliphatic hydroxyl groups is 3. The third-order valence-electron chi connectivity index (χ3n) is 6.06. The number of carbonyl (C=O) groups is 2. The van der Waals surface area contributed by atoms with Crippen molar-refractivity contribution in [1.29, 1.82) is 0 Å². The second-order valence-electron chi connectivity index (χ2n) is 8.65. The number of carboxylic acids is 1. The first kappa shape index (κ1) is 26.1. The van der Waals surface area contributed by atoms with E-state index in [1.807, 2.05) is 30.3 Å². The zero-order valence-corrected chi connectivity index (χ0v) is 19.2. The number of nitrogens with zero attached hydrogens (tertiary/aromatic N) is 1. The number of ether oxygens (including phenoxy) is 1. The average Bonchev–Trinajstić information content (AvgIpc) is 2.83. The molecular formula is C25H33NO8. The van der Waals surface area contributed by atoms with Crippen molar-refractivity contribution >= 4 is 22.6 Å². The van der Waals surface area contributed by atoms with E-state index < -0.39 is 36.5 Å². The summed E-state index contributed by atoms with van der Waals surface area (Å²) in [4.78, 5) is 29.6. The van der Waals surface area contributed by atoms with Crippen LogP contribution in [0.5, 0.6) is 0 Å². The summed E-state index contributed by atoms with van der Waals surface area (Å²) >= 11 is 0. The lowest BCUT2D eigenvalue weighted by atomic mass is 9.93. The van der Waals surface area contributed by atoms with Crippen molar-refractivity contribution in [2.45, 2.75) is 69.5 Å². The number of rotatable bonds is 11. The Balaban J connectivity index is 1.63. The number of hydrogen-bond acceptors (Lipinski definition) is 7. The number of aliphatic hydroxyl groups excluding tert-OH is 3. The molecule has 2 aromatic carbocycles. The zero-order valence-electron chi connectivity index (χ0n) is 19.2. The molecule has 1 aliphatic rings. The van der Waals surface area contributed by atoms with Crippen molar-refractivity contribution in [1.82, 2.24) is 5.06 Å². The maximum atomic E-state index is 13.2. The Labute approximate surface area is 198 Å². The van der Waals surface area contributed by atoms with Crippen LogP contribution >= 0.6 is 0 Å². The molecule has 3 rings (SSSR count). The lowest BCUT2D eigenvalue weighted by molar-refractivity contribution is -0.219. The van der Waals surface area contributed by atoms with Gasteiger partial charge in [-0.1, -0.05) is 30.3 Å². The summed E-state index contributed by atoms with van der Waals surface area (Å²) in [7, 11) is 0. The molecular weight excluding hydrogens is 442 g/mol. The third-order valence-corrected chi connectivity index (χ3v) is 6.06. The highest BCUT2D eigenvalue weighted by molar-refractivity contribution is 5.98. The van der Waals surface area contributed by atoms with Gasteiger partial charge < -0.3 is 25.2 Å². The number of fused-ring (bicyclic) bond motifs is 1. The summed E-state index contributed by atoms with van der Waals surface area (Å²) in [6, 6.07) is 13.1. The summed E-state index contributed by atoms with van der Waals surface area (Å²) in [5.41, 5.74) is 0.463. The highest BCUT2D eigenvalue weighted by atomic mass is 16.7. The van der Waals surface area contributed by atoms with E-state index in [0.29, 0.717) is 31.2 Å². The van der Waals surface area contributed by atoms with Gasteiger partial charge in [-0.25, -0.2) is 5.06 Å². The van der Waals surface area contributed by atoms with Crippen molar-refractivity contribution in [3.63, 3.8) is 0 Å². The number of carbonyl (C=O) groups excluding carboxylic acids is 1. The molecule has 0 spiro atoms. The lowest BCUT2D eigenvalue weighted by Gasteiger charge is -2.39. The molecule has 186 valence electrons. The van der Waals surface area contributed by atoms with Crippen molar-refractivity contribution in [2.24, 2.45) is 0 Å². The molecule has 0 saturated carbocycles. The summed E-state index contributed by atoms with van der Waals surface area (Å²) in [6.07, 6.45) is -3.26. The molecule has 34 heavy (non-hydrogen) atoms. The van der Waals surface area contributed by atoms with Gasteiger partial charge in [0.2, 0.25) is 0 Å². The Morgan fingerprint density at radius 2 is 1.71 bits per heavy atom. The predicted octanol–water partition coefficient (Wildman–Crippen LogP) is 2.12. The number of hydrogen-bond donors (Lipinski definition) is 4. The van der Waals surface area contributed by atoms with Gasteiger partial charge in [-0.15, -0.1) is 0 Å². The minimum Gasteiger partial charge on any atom is -0.481 e. The van der Waals surface area contributed by atoms with Crippen LogP contribution in [0, 0.1) is 0 Å². The lowest BCUT2D eigenvalue weighted by Crippen LogP contribution is -2.56. The number of benzene rings is 2. The quantitative estimate of drug-likeness (QED) is 0.287. The van der Waals surface area contributed by atoms with E-state index in [9.17, 15) is 24.9 Å². The highest BCUT2D eigenvalue weighted by Crippen LogP contribution is 2.24. The van der Waals surface area contributed by atoms with Crippen LogP contribution in [0.4, 0.5) is 0 Å². The molecule has 0 bridgehead atoms. The van der Waals surface area contributed by atoms with Crippen molar-refractivity contribution < 1.29 is 39.6 Å². The van der Waals surface area contributed by atoms with Crippen molar-refractivity contribution in [3.05, 3.63) is 48.0 Å². The molecule has 1 amide bonds. The molecule has 0 radical (unpaired) electrons. The minimum atomic E-state index is -1.30. The van der Waals surface area contributed by atoms with E-state index >= 15 is 0 Å². The van der Waals surface area contributed by atoms with E-state index in [2.05, 4.69) is 0 Å². The molecule has 4 N–H and O–H groups in total. The van der Waals surface area contributed by atoms with Crippen molar-refractivity contribution in [3.8, 4) is 0 Å². The highest BCUT2D eigenvalue weighted by Gasteiger charge is 2.41. The largest absolute Gasteiger partial charge is 0.481 e. The van der Waals surface area contributed by atoms with Crippen molar-refractivity contribution in [2.75, 3.05) is 13.2 Å². The summed E-state index contributed by atoms with van der Waals surface area (Å²) in [5.74, 6) is -1.20. The molecule has 5 atom stereocenters. The van der Waals surface area contributed by atoms with Gasteiger partial charge in [-0.05, 0) is 55.5 Å². The van der Waals surface area contributed by atoms with E-state index in [0.717, 1.165) is 10.8 Å². The Morgan fingerprint density at radius 3 is 2.44 bits per heavy atom. The maximum Gasteiger partial charge on any atom is 0.303 e. The van der Waals surface area contributed by atoms with Crippen LogP contribution in [0.2, 0.25) is 0 Å². The van der Waals surface area contributed by atoms with Gasteiger partial charge in [0.25, 0.3) is 5.91 Å². The fourth-order valence-corrected chi connectivity index (χ4v) is 4.06. The first-order valence-corrected chi connectivity index (χ1v) is 11.6. The molecule has 9 nitrogen and oxygen atoms in total. The SMILES string of the molecule is C[C@@H]1O[C@@H](CCCN(OCCCCC(=O)O)C(=O)c2ccc3ccccc3c2)[C@@H](O)[C@H](O)[C@@H]1O. The molecule has 1 fully saturated rings. The smallest absolute Gasteiger partial charge is 0.303 e. The number of carboxylic acid groups (broad SMARTS) is 1. The Bertz CT molecular complexity index is 967. The average molecular weight is 476 g/mol. The molecule has 2 aromatic rings.